The number of nitrogens with zero attached hydrogens (tertiary/aromatic N) is 2. The van der Waals surface area contributed by atoms with Gasteiger partial charge in [0.1, 0.15) is 18.3 Å². The van der Waals surface area contributed by atoms with Gasteiger partial charge in [-0.15, -0.1) is 0 Å². The number of nitrogens with one attached hydrogen (secondary N) is 1. The summed E-state index contributed by atoms with van der Waals surface area (Å²) in [6.07, 6.45) is 0.335. The number of carbonyl (C=O) groups is 2. The van der Waals surface area contributed by atoms with E-state index < -0.39 is 28.5 Å². The Morgan fingerprint density at radius 2 is 1.59 bits per heavy atom. The molecule has 0 aliphatic heterocycles. The number of carbonyl (C=O) groups excluding carboxylic acids is 2. The average molecular weight is 637 g/mol. The number of hydrogen-bond acceptors (Lipinski definition) is 5. The van der Waals surface area contributed by atoms with E-state index in [9.17, 15) is 18.0 Å². The SMILES string of the molecule is CCOc1ccc(N(CC(=O)N(Cc2ccc(Cl)cc2)[C@H](CC)C(=O)NC)S(=O)(=O)c2ccc(Br)cc2)cc1. The normalized spacial score (nSPS) is 11.9. The number of rotatable bonds is 12. The minimum atomic E-state index is -4.16. The highest BCUT2D eigenvalue weighted by atomic mass is 79.9. The molecule has 2 amide bonds. The van der Waals surface area contributed by atoms with Crippen LogP contribution < -0.4 is 14.4 Å². The molecule has 0 aliphatic rings. The molecular formula is C28H31BrClN3O5S. The molecule has 0 spiro atoms. The van der Waals surface area contributed by atoms with Gasteiger partial charge in [-0.1, -0.05) is 46.6 Å². The van der Waals surface area contributed by atoms with E-state index in [0.29, 0.717) is 23.8 Å². The molecule has 3 rings (SSSR count). The van der Waals surface area contributed by atoms with Crippen molar-refractivity contribution in [2.45, 2.75) is 37.8 Å². The van der Waals surface area contributed by atoms with E-state index in [1.54, 1.807) is 67.6 Å². The topological polar surface area (TPSA) is 96.0 Å². The Balaban J connectivity index is 2.05. The fraction of sp³-hybridized carbons (Fsp3) is 0.286. The first-order valence-electron chi connectivity index (χ1n) is 12.4. The maximum Gasteiger partial charge on any atom is 0.264 e. The van der Waals surface area contributed by atoms with E-state index in [2.05, 4.69) is 21.2 Å². The van der Waals surface area contributed by atoms with Gasteiger partial charge in [-0.3, -0.25) is 13.9 Å². The molecule has 3 aromatic carbocycles. The predicted molar refractivity (Wildman–Crippen MR) is 156 cm³/mol. The van der Waals surface area contributed by atoms with Crippen LogP contribution in [0.3, 0.4) is 0 Å². The number of likely N-dealkylation sites (N-methyl/N-ethyl adjacent to an activating group) is 1. The fourth-order valence-corrected chi connectivity index (χ4v) is 5.81. The van der Waals surface area contributed by atoms with Crippen molar-refractivity contribution in [3.8, 4) is 5.75 Å². The third-order valence-electron chi connectivity index (χ3n) is 6.01. The lowest BCUT2D eigenvalue weighted by Gasteiger charge is -2.33. The number of ether oxygens (including phenoxy) is 1. The molecule has 0 bridgehead atoms. The Morgan fingerprint density at radius 1 is 0.974 bits per heavy atom. The predicted octanol–water partition coefficient (Wildman–Crippen LogP) is 5.25. The minimum Gasteiger partial charge on any atom is -0.494 e. The molecule has 39 heavy (non-hydrogen) atoms. The minimum absolute atomic E-state index is 0.0231. The largest absolute Gasteiger partial charge is 0.494 e. The number of sulfonamides is 1. The second-order valence-electron chi connectivity index (χ2n) is 8.58. The van der Waals surface area contributed by atoms with Crippen LogP contribution in [0.2, 0.25) is 5.02 Å². The quantitative estimate of drug-likeness (QED) is 0.293. The van der Waals surface area contributed by atoms with Crippen molar-refractivity contribution in [1.29, 1.82) is 0 Å². The highest BCUT2D eigenvalue weighted by Gasteiger charge is 2.33. The highest BCUT2D eigenvalue weighted by molar-refractivity contribution is 9.10. The Morgan fingerprint density at radius 3 is 2.13 bits per heavy atom. The zero-order chi connectivity index (χ0) is 28.6. The summed E-state index contributed by atoms with van der Waals surface area (Å²) in [5.41, 5.74) is 1.03. The Hall–Kier alpha value is -3.08. The first-order chi connectivity index (χ1) is 18.6. The van der Waals surface area contributed by atoms with Gasteiger partial charge in [0, 0.05) is 23.1 Å². The van der Waals surface area contributed by atoms with Gasteiger partial charge < -0.3 is 15.0 Å². The summed E-state index contributed by atoms with van der Waals surface area (Å²) >= 11 is 9.36. The Labute approximate surface area is 243 Å². The number of halogens is 2. The lowest BCUT2D eigenvalue weighted by atomic mass is 10.1. The van der Waals surface area contributed by atoms with Crippen LogP contribution >= 0.6 is 27.5 Å². The smallest absolute Gasteiger partial charge is 0.264 e. The Bertz CT molecular complexity index is 1370. The molecule has 208 valence electrons. The van der Waals surface area contributed by atoms with Crippen LogP contribution in [0.5, 0.6) is 5.75 Å². The molecule has 0 unspecified atom stereocenters. The second-order valence-corrected chi connectivity index (χ2v) is 11.8. The third kappa shape index (κ3) is 7.74. The molecule has 3 aromatic rings. The lowest BCUT2D eigenvalue weighted by molar-refractivity contribution is -0.140. The van der Waals surface area contributed by atoms with Gasteiger partial charge in [0.25, 0.3) is 10.0 Å². The van der Waals surface area contributed by atoms with Crippen molar-refractivity contribution in [3.63, 3.8) is 0 Å². The van der Waals surface area contributed by atoms with Crippen LogP contribution in [0, 0.1) is 0 Å². The zero-order valence-corrected chi connectivity index (χ0v) is 25.1. The molecule has 0 fully saturated rings. The van der Waals surface area contributed by atoms with Gasteiger partial charge in [-0.25, -0.2) is 8.42 Å². The van der Waals surface area contributed by atoms with E-state index in [1.165, 1.54) is 24.1 Å². The molecule has 1 N–H and O–H groups in total. The monoisotopic (exact) mass is 635 g/mol. The molecule has 0 radical (unpaired) electrons. The van der Waals surface area contributed by atoms with Crippen molar-refractivity contribution in [2.24, 2.45) is 0 Å². The number of hydrogen-bond donors (Lipinski definition) is 1. The van der Waals surface area contributed by atoms with Crippen molar-refractivity contribution in [3.05, 3.63) is 87.9 Å². The number of benzene rings is 3. The fourth-order valence-electron chi connectivity index (χ4n) is 4.01. The van der Waals surface area contributed by atoms with Crippen molar-refractivity contribution < 1.29 is 22.7 Å². The maximum atomic E-state index is 13.9. The summed E-state index contributed by atoms with van der Waals surface area (Å²) < 4.78 is 35.0. The van der Waals surface area contributed by atoms with E-state index >= 15 is 0 Å². The third-order valence-corrected chi connectivity index (χ3v) is 8.58. The first-order valence-corrected chi connectivity index (χ1v) is 15.0. The van der Waals surface area contributed by atoms with Crippen LogP contribution in [0.1, 0.15) is 25.8 Å². The molecule has 11 heteroatoms. The van der Waals surface area contributed by atoms with Crippen molar-refractivity contribution >= 4 is 55.1 Å². The zero-order valence-electron chi connectivity index (χ0n) is 21.9. The highest BCUT2D eigenvalue weighted by Crippen LogP contribution is 2.27. The van der Waals surface area contributed by atoms with E-state index in [4.69, 9.17) is 16.3 Å². The van der Waals surface area contributed by atoms with Crippen molar-refractivity contribution in [1.82, 2.24) is 10.2 Å². The molecule has 0 aliphatic carbocycles. The van der Waals surface area contributed by atoms with Gasteiger partial charge in [0.05, 0.1) is 17.2 Å². The first kappa shape index (κ1) is 30.5. The maximum absolute atomic E-state index is 13.9. The molecule has 0 saturated carbocycles. The molecule has 0 aromatic heterocycles. The Kier molecular flexibility index (Phi) is 10.8. The van der Waals surface area contributed by atoms with Gasteiger partial charge in [-0.05, 0) is 79.6 Å². The summed E-state index contributed by atoms with van der Waals surface area (Å²) in [7, 11) is -2.65. The molecule has 0 heterocycles. The van der Waals surface area contributed by atoms with E-state index in [0.717, 1.165) is 14.3 Å². The van der Waals surface area contributed by atoms with Gasteiger partial charge in [-0.2, -0.15) is 0 Å². The second kappa shape index (κ2) is 13.8. The number of anilines is 1. The van der Waals surface area contributed by atoms with Crippen LogP contribution in [-0.2, 0) is 26.2 Å². The van der Waals surface area contributed by atoms with E-state index in [1.807, 2.05) is 6.92 Å². The molecular weight excluding hydrogens is 606 g/mol. The summed E-state index contributed by atoms with van der Waals surface area (Å²) in [6, 6.07) is 18.8. The van der Waals surface area contributed by atoms with Gasteiger partial charge in [0.2, 0.25) is 11.8 Å². The molecule has 1 atom stereocenters. The lowest BCUT2D eigenvalue weighted by Crippen LogP contribution is -2.51. The standard InChI is InChI=1S/C28H31BrClN3O5S/c1-4-26(28(35)31-3)32(18-20-6-10-22(30)11-7-20)27(34)19-33(23-12-14-24(15-13-23)38-5-2)39(36,37)25-16-8-21(29)9-17-25/h6-17,26H,4-5,18-19H2,1-3H3,(H,31,35)/t26-/m1/s1. The summed E-state index contributed by atoms with van der Waals surface area (Å²) in [6.45, 7) is 3.68. The van der Waals surface area contributed by atoms with Crippen LogP contribution in [-0.4, -0.2) is 51.4 Å². The van der Waals surface area contributed by atoms with Gasteiger partial charge >= 0.3 is 0 Å². The average Bonchev–Trinajstić information content (AvgIpc) is 2.93. The summed E-state index contributed by atoms with van der Waals surface area (Å²) in [5, 5.41) is 3.15. The summed E-state index contributed by atoms with van der Waals surface area (Å²) in [5.74, 6) is -0.304. The molecule has 8 nitrogen and oxygen atoms in total. The van der Waals surface area contributed by atoms with Crippen molar-refractivity contribution in [2.75, 3.05) is 24.5 Å². The summed E-state index contributed by atoms with van der Waals surface area (Å²) in [4.78, 5) is 28.1. The van der Waals surface area contributed by atoms with Gasteiger partial charge in [0.15, 0.2) is 0 Å². The number of amides is 2. The molecule has 0 saturated heterocycles. The van der Waals surface area contributed by atoms with E-state index in [-0.39, 0.29) is 23.0 Å². The van der Waals surface area contributed by atoms with Crippen LogP contribution in [0.4, 0.5) is 5.69 Å². The van der Waals surface area contributed by atoms with Crippen LogP contribution in [0.25, 0.3) is 0 Å². The van der Waals surface area contributed by atoms with Crippen LogP contribution in [0.15, 0.2) is 82.2 Å².